The Morgan fingerprint density at radius 2 is 0.474 bits per heavy atom. The number of rotatable bonds is 68. The average molecular weight is 1100 g/mol. The van der Waals surface area contributed by atoms with E-state index < -0.39 is 6.10 Å². The number of esters is 2. The zero-order chi connectivity index (χ0) is 56.2. The molecule has 0 saturated heterocycles. The molecule has 0 aliphatic carbocycles. The quantitative estimate of drug-likeness (QED) is 0.0373. The summed E-state index contributed by atoms with van der Waals surface area (Å²) >= 11 is 0. The molecular formula is C73H140O5. The van der Waals surface area contributed by atoms with E-state index in [1.165, 1.54) is 353 Å². The third kappa shape index (κ3) is 66.9. The van der Waals surface area contributed by atoms with Crippen LogP contribution in [-0.2, 0) is 19.1 Å². The summed E-state index contributed by atoms with van der Waals surface area (Å²) in [7, 11) is 0. The fraction of sp³-hybridized carbons (Fsp3) is 0.918. The molecule has 1 atom stereocenters. The van der Waals surface area contributed by atoms with E-state index in [0.29, 0.717) is 12.8 Å². The first-order valence-electron chi connectivity index (χ1n) is 35.9. The molecule has 0 bridgehead atoms. The van der Waals surface area contributed by atoms with E-state index in [0.717, 1.165) is 32.1 Å². The highest BCUT2D eigenvalue weighted by molar-refractivity contribution is 5.70. The van der Waals surface area contributed by atoms with Crippen LogP contribution in [-0.4, -0.2) is 36.4 Å². The van der Waals surface area contributed by atoms with Crippen molar-refractivity contribution in [2.24, 2.45) is 0 Å². The van der Waals surface area contributed by atoms with Crippen LogP contribution in [0.3, 0.4) is 0 Å². The molecule has 0 heterocycles. The van der Waals surface area contributed by atoms with Crippen molar-refractivity contribution in [2.75, 3.05) is 13.2 Å². The van der Waals surface area contributed by atoms with Crippen LogP contribution < -0.4 is 0 Å². The lowest BCUT2D eigenvalue weighted by Crippen LogP contribution is -2.28. The molecule has 0 aliphatic heterocycles. The number of carbonyl (C=O) groups excluding carboxylic acids is 2. The molecule has 1 N–H and O–H groups in total. The zero-order valence-electron chi connectivity index (χ0n) is 53.2. The normalized spacial score (nSPS) is 12.2. The highest BCUT2D eigenvalue weighted by Crippen LogP contribution is 2.19. The SMILES string of the molecule is CCCCCCCCCC/C=C\CCCCCCCCCCCCCCCCCCCCCCCCCC(=O)OC(CO)COC(=O)CCCCCCCCCCCCCCCCCCC/C=C\CCCCCCCCCC. The summed E-state index contributed by atoms with van der Waals surface area (Å²) in [6.07, 6.45) is 90.9. The van der Waals surface area contributed by atoms with Gasteiger partial charge >= 0.3 is 11.9 Å². The van der Waals surface area contributed by atoms with Crippen molar-refractivity contribution in [3.8, 4) is 0 Å². The van der Waals surface area contributed by atoms with Gasteiger partial charge in [0.05, 0.1) is 6.61 Å². The van der Waals surface area contributed by atoms with Crippen molar-refractivity contribution in [3.05, 3.63) is 24.3 Å². The van der Waals surface area contributed by atoms with Crippen LogP contribution in [0.5, 0.6) is 0 Å². The Labute approximate surface area is 489 Å². The third-order valence-corrected chi connectivity index (χ3v) is 16.7. The fourth-order valence-electron chi connectivity index (χ4n) is 11.3. The molecule has 462 valence electrons. The summed E-state index contributed by atoms with van der Waals surface area (Å²) < 4.78 is 10.8. The van der Waals surface area contributed by atoms with Gasteiger partial charge in [-0.15, -0.1) is 0 Å². The molecule has 0 saturated carbocycles. The Morgan fingerprint density at radius 3 is 0.692 bits per heavy atom. The van der Waals surface area contributed by atoms with E-state index >= 15 is 0 Å². The number of unbranched alkanes of at least 4 members (excludes halogenated alkanes) is 56. The number of ether oxygens (including phenoxy) is 2. The van der Waals surface area contributed by atoms with Crippen LogP contribution in [0.4, 0.5) is 0 Å². The summed E-state index contributed by atoms with van der Waals surface area (Å²) in [6.45, 7) is 4.21. The molecular weight excluding hydrogens is 957 g/mol. The van der Waals surface area contributed by atoms with E-state index in [-0.39, 0.29) is 25.2 Å². The maximum absolute atomic E-state index is 12.4. The van der Waals surface area contributed by atoms with Crippen molar-refractivity contribution in [3.63, 3.8) is 0 Å². The zero-order valence-corrected chi connectivity index (χ0v) is 53.2. The second kappa shape index (κ2) is 69.6. The van der Waals surface area contributed by atoms with Gasteiger partial charge in [-0.2, -0.15) is 0 Å². The first-order chi connectivity index (χ1) is 38.6. The minimum absolute atomic E-state index is 0.0581. The van der Waals surface area contributed by atoms with Crippen LogP contribution in [0.1, 0.15) is 412 Å². The lowest BCUT2D eigenvalue weighted by molar-refractivity contribution is -0.161. The van der Waals surface area contributed by atoms with Gasteiger partial charge in [-0.3, -0.25) is 9.59 Å². The Bertz CT molecular complexity index is 1200. The minimum atomic E-state index is -0.769. The minimum Gasteiger partial charge on any atom is -0.462 e. The molecule has 5 nitrogen and oxygen atoms in total. The summed E-state index contributed by atoms with van der Waals surface area (Å²) in [5, 5.41) is 9.70. The van der Waals surface area contributed by atoms with E-state index in [1.807, 2.05) is 0 Å². The largest absolute Gasteiger partial charge is 0.462 e. The van der Waals surface area contributed by atoms with Gasteiger partial charge in [0.2, 0.25) is 0 Å². The van der Waals surface area contributed by atoms with Gasteiger partial charge in [-0.1, -0.05) is 359 Å². The maximum atomic E-state index is 12.4. The van der Waals surface area contributed by atoms with Gasteiger partial charge in [-0.05, 0) is 64.2 Å². The monoisotopic (exact) mass is 1100 g/mol. The lowest BCUT2D eigenvalue weighted by Gasteiger charge is -2.15. The van der Waals surface area contributed by atoms with E-state index in [9.17, 15) is 14.7 Å². The van der Waals surface area contributed by atoms with E-state index in [1.54, 1.807) is 0 Å². The maximum Gasteiger partial charge on any atom is 0.306 e. The molecule has 0 rings (SSSR count). The summed E-state index contributed by atoms with van der Waals surface area (Å²) in [5.41, 5.74) is 0. The number of carbonyl (C=O) groups is 2. The molecule has 0 aromatic carbocycles. The Balaban J connectivity index is 3.37. The molecule has 5 heteroatoms. The van der Waals surface area contributed by atoms with Gasteiger partial charge in [0.1, 0.15) is 6.61 Å². The Hall–Kier alpha value is -1.62. The number of hydrogen-bond acceptors (Lipinski definition) is 5. The topological polar surface area (TPSA) is 72.8 Å². The van der Waals surface area contributed by atoms with Crippen molar-refractivity contribution in [1.29, 1.82) is 0 Å². The number of aliphatic hydroxyl groups excluding tert-OH is 1. The molecule has 78 heavy (non-hydrogen) atoms. The van der Waals surface area contributed by atoms with Gasteiger partial charge in [0, 0.05) is 12.8 Å². The van der Waals surface area contributed by atoms with Crippen LogP contribution in [0.15, 0.2) is 24.3 Å². The Morgan fingerprint density at radius 1 is 0.282 bits per heavy atom. The van der Waals surface area contributed by atoms with Crippen LogP contribution in [0.2, 0.25) is 0 Å². The second-order valence-electron chi connectivity index (χ2n) is 24.7. The summed E-state index contributed by atoms with van der Waals surface area (Å²) in [4.78, 5) is 24.7. The predicted molar refractivity (Wildman–Crippen MR) is 344 cm³/mol. The van der Waals surface area contributed by atoms with Gasteiger partial charge in [-0.25, -0.2) is 0 Å². The predicted octanol–water partition coefficient (Wildman–Crippen LogP) is 24.8. The van der Waals surface area contributed by atoms with Gasteiger partial charge in [0.15, 0.2) is 6.10 Å². The third-order valence-electron chi connectivity index (χ3n) is 16.7. The number of hydrogen-bond donors (Lipinski definition) is 1. The van der Waals surface area contributed by atoms with Crippen LogP contribution in [0.25, 0.3) is 0 Å². The Kier molecular flexibility index (Phi) is 68.2. The summed E-state index contributed by atoms with van der Waals surface area (Å²) in [6, 6.07) is 0. The van der Waals surface area contributed by atoms with Crippen LogP contribution >= 0.6 is 0 Å². The molecule has 0 aromatic rings. The van der Waals surface area contributed by atoms with E-state index in [4.69, 9.17) is 9.47 Å². The number of allylic oxidation sites excluding steroid dienone is 4. The summed E-state index contributed by atoms with van der Waals surface area (Å²) in [5.74, 6) is -0.563. The molecule has 0 fully saturated rings. The number of aliphatic hydroxyl groups is 1. The molecule has 0 aromatic heterocycles. The fourth-order valence-corrected chi connectivity index (χ4v) is 11.3. The highest BCUT2D eigenvalue weighted by Gasteiger charge is 2.16. The molecule has 0 aliphatic rings. The molecule has 0 radical (unpaired) electrons. The average Bonchev–Trinajstić information content (AvgIpc) is 3.44. The van der Waals surface area contributed by atoms with Crippen molar-refractivity contribution < 1.29 is 24.2 Å². The first kappa shape index (κ1) is 76.4. The van der Waals surface area contributed by atoms with Crippen molar-refractivity contribution in [2.45, 2.75) is 418 Å². The van der Waals surface area contributed by atoms with E-state index in [2.05, 4.69) is 38.2 Å². The van der Waals surface area contributed by atoms with Gasteiger partial charge < -0.3 is 14.6 Å². The second-order valence-corrected chi connectivity index (χ2v) is 24.7. The van der Waals surface area contributed by atoms with Crippen molar-refractivity contribution in [1.82, 2.24) is 0 Å². The molecule has 0 amide bonds. The van der Waals surface area contributed by atoms with Crippen molar-refractivity contribution >= 4 is 11.9 Å². The van der Waals surface area contributed by atoms with Crippen LogP contribution in [0, 0.1) is 0 Å². The molecule has 1 unspecified atom stereocenters. The smallest absolute Gasteiger partial charge is 0.306 e. The molecule has 0 spiro atoms. The highest BCUT2D eigenvalue weighted by atomic mass is 16.6. The first-order valence-corrected chi connectivity index (χ1v) is 35.9. The van der Waals surface area contributed by atoms with Gasteiger partial charge in [0.25, 0.3) is 0 Å². The standard InChI is InChI=1S/C73H140O5/c1-3-5-7-9-11-13-15-17-19-21-23-25-27-29-31-33-34-35-36-37-38-40-42-44-46-48-50-52-54-56-58-60-62-64-66-68-73(76)78-71(69-74)70-77-72(75)67-65-63-61-59-57-55-53-51-49-47-45-43-41-39-32-30-28-26-24-22-20-18-16-14-12-10-8-6-4-2/h21-24,71,74H,3-20,25-70H2,1-2H3/b23-21-,24-22-. The lowest BCUT2D eigenvalue weighted by atomic mass is 10.0.